The zero-order valence-electron chi connectivity index (χ0n) is 5.84. The highest BCUT2D eigenvalue weighted by atomic mass is 16.5. The van der Waals surface area contributed by atoms with E-state index in [-0.39, 0.29) is 0 Å². The van der Waals surface area contributed by atoms with Crippen molar-refractivity contribution >= 4 is 0 Å². The Morgan fingerprint density at radius 3 is 2.67 bits per heavy atom. The largest absolute Gasteiger partial charge is 0.396 e. The summed E-state index contributed by atoms with van der Waals surface area (Å²) in [6.45, 7) is 3.15. The van der Waals surface area contributed by atoms with Crippen LogP contribution in [0.5, 0.6) is 0 Å². The van der Waals surface area contributed by atoms with E-state index in [1.165, 1.54) is 0 Å². The molecule has 0 spiro atoms. The van der Waals surface area contributed by atoms with Gasteiger partial charge in [0, 0.05) is 13.2 Å². The number of rotatable bonds is 3. The van der Waals surface area contributed by atoms with Gasteiger partial charge in [-0.3, -0.25) is 0 Å². The third kappa shape index (κ3) is 1.66. The van der Waals surface area contributed by atoms with Gasteiger partial charge in [-0.15, -0.1) is 0 Å². The molecule has 1 aliphatic carbocycles. The molecule has 0 aromatic rings. The molecule has 0 aromatic carbocycles. The molecule has 1 rings (SSSR count). The molecule has 1 fully saturated rings. The Balaban J connectivity index is 1.98. The lowest BCUT2D eigenvalue weighted by Crippen LogP contribution is -2.33. The van der Waals surface area contributed by atoms with E-state index in [9.17, 15) is 0 Å². The molecule has 1 N–H and O–H groups in total. The Morgan fingerprint density at radius 2 is 2.22 bits per heavy atom. The van der Waals surface area contributed by atoms with E-state index in [2.05, 4.69) is 0 Å². The van der Waals surface area contributed by atoms with E-state index < -0.39 is 0 Å². The van der Waals surface area contributed by atoms with Crippen molar-refractivity contribution in [3.63, 3.8) is 0 Å². The normalized spacial score (nSPS) is 34.0. The summed E-state index contributed by atoms with van der Waals surface area (Å²) >= 11 is 0. The fourth-order valence-electron chi connectivity index (χ4n) is 1.20. The van der Waals surface area contributed by atoms with Crippen LogP contribution < -0.4 is 0 Å². The first kappa shape index (κ1) is 7.03. The van der Waals surface area contributed by atoms with Crippen molar-refractivity contribution < 1.29 is 9.84 Å². The zero-order chi connectivity index (χ0) is 6.69. The second kappa shape index (κ2) is 3.18. The third-order valence-corrected chi connectivity index (χ3v) is 1.85. The van der Waals surface area contributed by atoms with Crippen molar-refractivity contribution in [2.24, 2.45) is 5.92 Å². The van der Waals surface area contributed by atoms with Crippen LogP contribution in [0.25, 0.3) is 0 Å². The van der Waals surface area contributed by atoms with Crippen LogP contribution in [-0.4, -0.2) is 24.4 Å². The molecule has 0 aromatic heterocycles. The lowest BCUT2D eigenvalue weighted by molar-refractivity contribution is -0.0394. The molecular weight excluding hydrogens is 116 g/mol. The summed E-state index contributed by atoms with van der Waals surface area (Å²) in [5.74, 6) is 0.529. The minimum absolute atomic E-state index is 0.337. The Labute approximate surface area is 55.8 Å². The third-order valence-electron chi connectivity index (χ3n) is 1.85. The SMILES string of the molecule is CCOC1CC(CO)C1. The van der Waals surface area contributed by atoms with Gasteiger partial charge in [-0.25, -0.2) is 0 Å². The number of aliphatic hydroxyl groups excluding tert-OH is 1. The van der Waals surface area contributed by atoms with E-state index >= 15 is 0 Å². The summed E-state index contributed by atoms with van der Waals surface area (Å²) in [4.78, 5) is 0. The van der Waals surface area contributed by atoms with Crippen LogP contribution in [0.15, 0.2) is 0 Å². The molecular formula is C7H14O2. The molecule has 0 heterocycles. The topological polar surface area (TPSA) is 29.5 Å². The molecule has 0 atom stereocenters. The van der Waals surface area contributed by atoms with Gasteiger partial charge in [0.2, 0.25) is 0 Å². The van der Waals surface area contributed by atoms with Gasteiger partial charge in [-0.2, -0.15) is 0 Å². The predicted octanol–water partition coefficient (Wildman–Crippen LogP) is 0.794. The van der Waals surface area contributed by atoms with Gasteiger partial charge >= 0.3 is 0 Å². The van der Waals surface area contributed by atoms with Crippen LogP contribution in [0.3, 0.4) is 0 Å². The summed E-state index contributed by atoms with van der Waals surface area (Å²) in [5.41, 5.74) is 0. The molecule has 54 valence electrons. The van der Waals surface area contributed by atoms with Crippen molar-refractivity contribution in [2.45, 2.75) is 25.9 Å². The van der Waals surface area contributed by atoms with Gasteiger partial charge in [0.05, 0.1) is 6.10 Å². The lowest BCUT2D eigenvalue weighted by atomic mass is 9.83. The minimum Gasteiger partial charge on any atom is -0.396 e. The van der Waals surface area contributed by atoms with Crippen LogP contribution in [0.1, 0.15) is 19.8 Å². The zero-order valence-corrected chi connectivity index (χ0v) is 5.84. The van der Waals surface area contributed by atoms with Crippen LogP contribution in [0.4, 0.5) is 0 Å². The predicted molar refractivity (Wildman–Crippen MR) is 35.2 cm³/mol. The first-order valence-corrected chi connectivity index (χ1v) is 3.59. The molecule has 0 bridgehead atoms. The van der Waals surface area contributed by atoms with Gasteiger partial charge in [0.1, 0.15) is 0 Å². The summed E-state index contributed by atoms with van der Waals surface area (Å²) < 4.78 is 5.30. The highest BCUT2D eigenvalue weighted by Gasteiger charge is 2.28. The Kier molecular flexibility index (Phi) is 2.49. The van der Waals surface area contributed by atoms with Crippen molar-refractivity contribution in [3.8, 4) is 0 Å². The van der Waals surface area contributed by atoms with Crippen LogP contribution in [0.2, 0.25) is 0 Å². The monoisotopic (exact) mass is 130 g/mol. The number of hydrogen-bond donors (Lipinski definition) is 1. The molecule has 0 aliphatic heterocycles. The van der Waals surface area contributed by atoms with Gasteiger partial charge in [-0.05, 0) is 25.7 Å². The van der Waals surface area contributed by atoms with E-state index in [1.807, 2.05) is 6.92 Å². The second-order valence-electron chi connectivity index (χ2n) is 2.60. The van der Waals surface area contributed by atoms with Crippen molar-refractivity contribution in [1.29, 1.82) is 0 Å². The van der Waals surface area contributed by atoms with E-state index in [0.29, 0.717) is 18.6 Å². The van der Waals surface area contributed by atoms with Gasteiger partial charge < -0.3 is 9.84 Å². The molecule has 0 amide bonds. The van der Waals surface area contributed by atoms with Gasteiger partial charge in [0.25, 0.3) is 0 Å². The summed E-state index contributed by atoms with van der Waals surface area (Å²) in [6.07, 6.45) is 2.57. The average molecular weight is 130 g/mol. The number of aliphatic hydroxyl groups is 1. The molecule has 1 aliphatic rings. The quantitative estimate of drug-likeness (QED) is 0.612. The van der Waals surface area contributed by atoms with Gasteiger partial charge in [-0.1, -0.05) is 0 Å². The molecule has 9 heavy (non-hydrogen) atoms. The molecule has 0 unspecified atom stereocenters. The van der Waals surface area contributed by atoms with Crippen LogP contribution in [0, 0.1) is 5.92 Å². The molecule has 0 saturated heterocycles. The molecule has 1 saturated carbocycles. The Bertz CT molecular complexity index is 77.0. The Hall–Kier alpha value is -0.0800. The fraction of sp³-hybridized carbons (Fsp3) is 1.00. The fourth-order valence-corrected chi connectivity index (χ4v) is 1.20. The maximum Gasteiger partial charge on any atom is 0.0582 e. The van der Waals surface area contributed by atoms with Crippen molar-refractivity contribution in [1.82, 2.24) is 0 Å². The lowest BCUT2D eigenvalue weighted by Gasteiger charge is -2.33. The van der Waals surface area contributed by atoms with E-state index in [1.54, 1.807) is 0 Å². The highest BCUT2D eigenvalue weighted by molar-refractivity contribution is 4.79. The smallest absolute Gasteiger partial charge is 0.0582 e. The van der Waals surface area contributed by atoms with Crippen LogP contribution >= 0.6 is 0 Å². The van der Waals surface area contributed by atoms with Crippen molar-refractivity contribution in [2.75, 3.05) is 13.2 Å². The van der Waals surface area contributed by atoms with Crippen molar-refractivity contribution in [3.05, 3.63) is 0 Å². The molecule has 2 heteroatoms. The first-order valence-electron chi connectivity index (χ1n) is 3.59. The highest BCUT2D eigenvalue weighted by Crippen LogP contribution is 2.28. The number of ether oxygens (including phenoxy) is 1. The maximum atomic E-state index is 8.62. The molecule has 2 nitrogen and oxygen atoms in total. The molecule has 0 radical (unpaired) electrons. The standard InChI is InChI=1S/C7H14O2/c1-2-9-7-3-6(4-7)5-8/h6-8H,2-5H2,1H3. The second-order valence-corrected chi connectivity index (χ2v) is 2.60. The van der Waals surface area contributed by atoms with E-state index in [4.69, 9.17) is 9.84 Å². The van der Waals surface area contributed by atoms with E-state index in [0.717, 1.165) is 19.4 Å². The van der Waals surface area contributed by atoms with Crippen LogP contribution in [-0.2, 0) is 4.74 Å². The number of hydrogen-bond acceptors (Lipinski definition) is 2. The maximum absolute atomic E-state index is 8.62. The first-order chi connectivity index (χ1) is 4.36. The average Bonchev–Trinajstić information content (AvgIpc) is 1.77. The summed E-state index contributed by atoms with van der Waals surface area (Å²) in [6, 6.07) is 0. The Morgan fingerprint density at radius 1 is 1.56 bits per heavy atom. The minimum atomic E-state index is 0.337. The summed E-state index contributed by atoms with van der Waals surface area (Å²) in [7, 11) is 0. The van der Waals surface area contributed by atoms with Gasteiger partial charge in [0.15, 0.2) is 0 Å². The summed E-state index contributed by atoms with van der Waals surface area (Å²) in [5, 5.41) is 8.62.